The molecule has 34 heavy (non-hydrogen) atoms. The highest BCUT2D eigenvalue weighted by atomic mass is 35.5. The summed E-state index contributed by atoms with van der Waals surface area (Å²) in [6.45, 7) is 1.33. The van der Waals surface area contributed by atoms with Crippen LogP contribution in [0.15, 0.2) is 35.5 Å². The summed E-state index contributed by atoms with van der Waals surface area (Å²) >= 11 is 7.27. The largest absolute Gasteiger partial charge is 0.381 e. The maximum Gasteiger partial charge on any atom is 0.261 e. The second kappa shape index (κ2) is 10.1. The van der Waals surface area contributed by atoms with Crippen molar-refractivity contribution in [1.82, 2.24) is 14.5 Å². The minimum atomic E-state index is -0.647. The molecule has 5 rings (SSSR count). The molecule has 1 unspecified atom stereocenters. The van der Waals surface area contributed by atoms with E-state index >= 15 is 0 Å². The molecule has 1 saturated carbocycles. The zero-order valence-electron chi connectivity index (χ0n) is 18.7. The van der Waals surface area contributed by atoms with Gasteiger partial charge < -0.3 is 4.74 Å². The molecular formula is C25H26ClN3O4S. The van der Waals surface area contributed by atoms with Crippen LogP contribution in [0.3, 0.4) is 0 Å². The number of hydrogen-bond donors (Lipinski definition) is 0. The highest BCUT2D eigenvalue weighted by Gasteiger charge is 2.29. The van der Waals surface area contributed by atoms with Gasteiger partial charge in [-0.2, -0.15) is 0 Å². The fourth-order valence-corrected chi connectivity index (χ4v) is 5.53. The smallest absolute Gasteiger partial charge is 0.261 e. The number of fused-ring (bicyclic) bond motifs is 1. The normalized spacial score (nSPS) is 17.7. The number of nitrogens with zero attached hydrogens (tertiary/aromatic N) is 3. The molecule has 9 heteroatoms. The summed E-state index contributed by atoms with van der Waals surface area (Å²) in [5, 5.41) is 1.04. The van der Waals surface area contributed by atoms with E-state index in [1.54, 1.807) is 18.2 Å². The quantitative estimate of drug-likeness (QED) is 0.398. The standard InChI is InChI=1S/C25H26ClN3O4S/c26-23-13-27-24(34-23)12-22(31)20(9-16-5-7-33-8-6-16)29-14-28-19-11-17(3-4-18(19)25(29)32)21(30)10-15-1-2-15/h3-4,11,13-16,20H,1-2,5-10,12H2. The summed E-state index contributed by atoms with van der Waals surface area (Å²) in [5.41, 5.74) is 0.792. The molecule has 2 aliphatic rings. The number of rotatable bonds is 9. The van der Waals surface area contributed by atoms with Gasteiger partial charge in [0.25, 0.3) is 5.56 Å². The number of ether oxygens (including phenoxy) is 1. The number of ketones is 2. The summed E-state index contributed by atoms with van der Waals surface area (Å²) in [7, 11) is 0. The number of aromatic nitrogens is 3. The SMILES string of the molecule is O=C(CC1CC1)c1ccc2c(=O)n(C(CC3CCOCC3)C(=O)Cc3ncc(Cl)s3)cnc2c1. The third-order valence-electron chi connectivity index (χ3n) is 6.73. The lowest BCUT2D eigenvalue weighted by Crippen LogP contribution is -2.33. The minimum absolute atomic E-state index is 0.0861. The molecular weight excluding hydrogens is 474 g/mol. The lowest BCUT2D eigenvalue weighted by atomic mass is 9.90. The van der Waals surface area contributed by atoms with E-state index in [1.807, 2.05) is 0 Å². The van der Waals surface area contributed by atoms with Crippen LogP contribution in [0.1, 0.15) is 59.9 Å². The van der Waals surface area contributed by atoms with Crippen LogP contribution in [0, 0.1) is 11.8 Å². The lowest BCUT2D eigenvalue weighted by Gasteiger charge is -2.27. The molecule has 3 aromatic rings. The molecule has 0 bridgehead atoms. The summed E-state index contributed by atoms with van der Waals surface area (Å²) in [6, 6.07) is 4.41. The van der Waals surface area contributed by atoms with Crippen LogP contribution in [0.5, 0.6) is 0 Å². The molecule has 1 atom stereocenters. The first-order chi connectivity index (χ1) is 16.5. The topological polar surface area (TPSA) is 91.2 Å². The van der Waals surface area contributed by atoms with Crippen LogP contribution in [0.4, 0.5) is 0 Å². The Morgan fingerprint density at radius 2 is 1.94 bits per heavy atom. The highest BCUT2D eigenvalue weighted by molar-refractivity contribution is 7.15. The van der Waals surface area contributed by atoms with Gasteiger partial charge in [0.1, 0.15) is 9.34 Å². The first-order valence-electron chi connectivity index (χ1n) is 11.7. The average Bonchev–Trinajstić information content (AvgIpc) is 3.57. The second-order valence-corrected chi connectivity index (χ2v) is 11.0. The zero-order valence-corrected chi connectivity index (χ0v) is 20.3. The fourth-order valence-electron chi connectivity index (χ4n) is 4.57. The number of thiazole rings is 1. The maximum absolute atomic E-state index is 13.5. The van der Waals surface area contributed by atoms with Crippen molar-refractivity contribution in [1.29, 1.82) is 0 Å². The number of hydrogen-bond acceptors (Lipinski definition) is 7. The van der Waals surface area contributed by atoms with Gasteiger partial charge in [-0.25, -0.2) is 9.97 Å². The Kier molecular flexibility index (Phi) is 6.90. The summed E-state index contributed by atoms with van der Waals surface area (Å²) < 4.78 is 7.46. The van der Waals surface area contributed by atoms with E-state index in [0.29, 0.717) is 57.8 Å². The molecule has 2 aromatic heterocycles. The van der Waals surface area contributed by atoms with Crippen LogP contribution in [0.25, 0.3) is 10.9 Å². The molecule has 0 N–H and O–H groups in total. The number of halogens is 1. The summed E-state index contributed by atoms with van der Waals surface area (Å²) in [4.78, 5) is 48.1. The van der Waals surface area contributed by atoms with Gasteiger partial charge in [-0.05, 0) is 56.1 Å². The Bertz CT molecular complexity index is 1280. The molecule has 1 aromatic carbocycles. The van der Waals surface area contributed by atoms with E-state index in [9.17, 15) is 14.4 Å². The van der Waals surface area contributed by atoms with Gasteiger partial charge in [0.2, 0.25) is 0 Å². The molecule has 1 aliphatic heterocycles. The third-order valence-corrected chi connectivity index (χ3v) is 7.85. The first-order valence-corrected chi connectivity index (χ1v) is 12.9. The number of benzene rings is 1. The molecule has 0 amide bonds. The van der Waals surface area contributed by atoms with Crippen LogP contribution in [0.2, 0.25) is 4.34 Å². The Balaban J connectivity index is 1.45. The molecule has 7 nitrogen and oxygen atoms in total. The second-order valence-electron chi connectivity index (χ2n) is 9.27. The lowest BCUT2D eigenvalue weighted by molar-refractivity contribution is -0.122. The van der Waals surface area contributed by atoms with Crippen LogP contribution >= 0.6 is 22.9 Å². The monoisotopic (exact) mass is 499 g/mol. The molecule has 0 radical (unpaired) electrons. The van der Waals surface area contributed by atoms with Gasteiger partial charge in [0.15, 0.2) is 11.6 Å². The van der Waals surface area contributed by atoms with Gasteiger partial charge in [0, 0.05) is 25.2 Å². The van der Waals surface area contributed by atoms with Crippen molar-refractivity contribution in [3.8, 4) is 0 Å². The third kappa shape index (κ3) is 5.29. The van der Waals surface area contributed by atoms with Gasteiger partial charge in [-0.1, -0.05) is 17.7 Å². The Hall–Kier alpha value is -2.42. The Morgan fingerprint density at radius 1 is 1.15 bits per heavy atom. The van der Waals surface area contributed by atoms with Crippen LogP contribution in [-0.4, -0.2) is 39.3 Å². The van der Waals surface area contributed by atoms with Crippen molar-refractivity contribution >= 4 is 45.4 Å². The van der Waals surface area contributed by atoms with Crippen molar-refractivity contribution in [2.45, 2.75) is 51.0 Å². The Morgan fingerprint density at radius 3 is 2.65 bits per heavy atom. The Labute approximate surface area is 206 Å². The number of Topliss-reactive ketones (excluding diaryl/α,β-unsaturated/α-hetero) is 2. The van der Waals surface area contributed by atoms with E-state index in [2.05, 4.69) is 9.97 Å². The minimum Gasteiger partial charge on any atom is -0.381 e. The molecule has 178 valence electrons. The van der Waals surface area contributed by atoms with Crippen LogP contribution in [-0.2, 0) is 16.0 Å². The van der Waals surface area contributed by atoms with Crippen LogP contribution < -0.4 is 5.56 Å². The van der Waals surface area contributed by atoms with Crippen molar-refractivity contribution < 1.29 is 14.3 Å². The maximum atomic E-state index is 13.5. The highest BCUT2D eigenvalue weighted by Crippen LogP contribution is 2.34. The van der Waals surface area contributed by atoms with Crippen molar-refractivity contribution in [2.24, 2.45) is 11.8 Å². The molecule has 2 fully saturated rings. The zero-order chi connectivity index (χ0) is 23.7. The predicted octanol–water partition coefficient (Wildman–Crippen LogP) is 4.66. The van der Waals surface area contributed by atoms with Gasteiger partial charge in [-0.15, -0.1) is 11.3 Å². The number of carbonyl (C=O) groups excluding carboxylic acids is 2. The number of carbonyl (C=O) groups is 2. The van der Waals surface area contributed by atoms with Crippen molar-refractivity contribution in [3.63, 3.8) is 0 Å². The molecule has 0 spiro atoms. The van der Waals surface area contributed by atoms with E-state index in [4.69, 9.17) is 16.3 Å². The molecule has 1 saturated heterocycles. The first kappa shape index (κ1) is 23.3. The summed E-state index contributed by atoms with van der Waals surface area (Å²) in [5.74, 6) is 0.781. The van der Waals surface area contributed by atoms with Gasteiger partial charge >= 0.3 is 0 Å². The predicted molar refractivity (Wildman–Crippen MR) is 131 cm³/mol. The van der Waals surface area contributed by atoms with E-state index in [1.165, 1.54) is 28.4 Å². The van der Waals surface area contributed by atoms with Gasteiger partial charge in [0.05, 0.1) is 35.9 Å². The average molecular weight is 500 g/mol. The van der Waals surface area contributed by atoms with Crippen molar-refractivity contribution in [2.75, 3.05) is 13.2 Å². The van der Waals surface area contributed by atoms with E-state index in [0.717, 1.165) is 25.7 Å². The van der Waals surface area contributed by atoms with E-state index < -0.39 is 6.04 Å². The van der Waals surface area contributed by atoms with E-state index in [-0.39, 0.29) is 29.5 Å². The molecule has 3 heterocycles. The van der Waals surface area contributed by atoms with Crippen molar-refractivity contribution in [3.05, 3.63) is 56.0 Å². The summed E-state index contributed by atoms with van der Waals surface area (Å²) in [6.07, 6.45) is 8.13. The molecule has 1 aliphatic carbocycles. The fraction of sp³-hybridized carbons (Fsp3) is 0.480. The van der Waals surface area contributed by atoms with Gasteiger partial charge in [-0.3, -0.25) is 19.0 Å².